The highest BCUT2D eigenvalue weighted by Gasteiger charge is 2.34. The van der Waals surface area contributed by atoms with Crippen molar-refractivity contribution in [3.05, 3.63) is 66.4 Å². The molecule has 270 valence electrons. The van der Waals surface area contributed by atoms with Crippen LogP contribution in [0, 0.1) is 5.41 Å². The van der Waals surface area contributed by atoms with Gasteiger partial charge in [-0.25, -0.2) is 9.48 Å². The number of nitrogens with one attached hydrogen (secondary N) is 1. The maximum atomic E-state index is 13.3. The quantitative estimate of drug-likeness (QED) is 0.103. The van der Waals surface area contributed by atoms with Crippen LogP contribution in [0.15, 0.2) is 55.1 Å². The molecule has 0 spiro atoms. The molecule has 0 saturated carbocycles. The van der Waals surface area contributed by atoms with Crippen LogP contribution in [0.3, 0.4) is 0 Å². The van der Waals surface area contributed by atoms with Gasteiger partial charge < -0.3 is 24.6 Å². The second-order valence-electron chi connectivity index (χ2n) is 15.0. The van der Waals surface area contributed by atoms with Crippen molar-refractivity contribution < 1.29 is 28.9 Å². The molecule has 0 saturated heterocycles. The van der Waals surface area contributed by atoms with Crippen molar-refractivity contribution in [2.75, 3.05) is 32.1 Å². The Morgan fingerprint density at radius 3 is 2.41 bits per heavy atom. The predicted octanol–water partition coefficient (Wildman–Crippen LogP) is 7.38. The van der Waals surface area contributed by atoms with E-state index in [1.165, 1.54) is 0 Å². The summed E-state index contributed by atoms with van der Waals surface area (Å²) in [7, 11) is 3.35. The van der Waals surface area contributed by atoms with E-state index in [1.807, 2.05) is 72.7 Å². The Labute approximate surface area is 299 Å². The van der Waals surface area contributed by atoms with Crippen molar-refractivity contribution in [3.63, 3.8) is 0 Å². The minimum atomic E-state index is -0.757. The van der Waals surface area contributed by atoms with Gasteiger partial charge in [-0.1, -0.05) is 76.4 Å². The molecule has 0 radical (unpaired) electrons. The zero-order valence-corrected chi connectivity index (χ0v) is 32.2. The number of carbonyl (C=O) groups excluding carboxylic acids is 2. The fraction of sp³-hybridized carbons (Fsp3) is 0.568. The number of aliphatic hydroxyl groups excluding tert-OH is 1. The Balaban J connectivity index is 1.64. The summed E-state index contributed by atoms with van der Waals surface area (Å²) in [4.78, 5) is 25.2. The normalized spacial score (nSPS) is 16.9. The van der Waals surface area contributed by atoms with E-state index in [9.17, 15) is 14.7 Å². The summed E-state index contributed by atoms with van der Waals surface area (Å²) >= 11 is 0. The number of hydrogen-bond acceptors (Lipinski definition) is 10. The van der Waals surface area contributed by atoms with Gasteiger partial charge in [-0.2, -0.15) is 0 Å². The number of rotatable bonds is 16. The summed E-state index contributed by atoms with van der Waals surface area (Å²) < 4.78 is 19.3. The molecule has 0 aliphatic heterocycles. The van der Waals surface area contributed by atoms with Crippen molar-refractivity contribution in [1.82, 2.24) is 20.3 Å². The summed E-state index contributed by atoms with van der Waals surface area (Å²) in [5.41, 5.74) is 2.75. The number of hydrogen-bond donors (Lipinski definition) is 2. The third-order valence-corrected chi connectivity index (χ3v) is 11.2. The highest BCUT2D eigenvalue weighted by Crippen LogP contribution is 2.39. The second-order valence-corrected chi connectivity index (χ2v) is 18.1. The van der Waals surface area contributed by atoms with Crippen molar-refractivity contribution in [2.45, 2.75) is 97.1 Å². The average molecular weight is 715 g/mol. The number of allylic oxidation sites excluding steroid dienone is 2. The Kier molecular flexibility index (Phi) is 13.8. The summed E-state index contributed by atoms with van der Waals surface area (Å²) in [5, 5.41) is 22.1. The third-order valence-electron chi connectivity index (χ3n) is 8.00. The molecule has 12 heteroatoms. The third kappa shape index (κ3) is 11.0. The molecule has 1 atom stereocenters. The molecule has 1 heterocycles. The number of amides is 1. The van der Waals surface area contributed by atoms with E-state index >= 15 is 0 Å². The molecule has 1 aliphatic carbocycles. The number of aromatic nitrogens is 3. The first-order valence-electron chi connectivity index (χ1n) is 16.6. The fourth-order valence-electron chi connectivity index (χ4n) is 4.99. The van der Waals surface area contributed by atoms with Gasteiger partial charge in [-0.3, -0.25) is 4.79 Å². The van der Waals surface area contributed by atoms with E-state index in [4.69, 9.17) is 14.2 Å². The summed E-state index contributed by atoms with van der Waals surface area (Å²) in [6.07, 6.45) is 3.13. The molecule has 1 aliphatic rings. The lowest BCUT2D eigenvalue weighted by Crippen LogP contribution is -2.38. The number of esters is 1. The number of aliphatic hydroxyl groups is 1. The number of fused-ring (bicyclic) bond motifs is 3. The Hall–Kier alpha value is -3.06. The van der Waals surface area contributed by atoms with Gasteiger partial charge in [0.25, 0.3) is 0 Å². The largest absolute Gasteiger partial charge is 0.464 e. The van der Waals surface area contributed by atoms with Crippen molar-refractivity contribution >= 4 is 39.2 Å². The van der Waals surface area contributed by atoms with Crippen LogP contribution >= 0.6 is 21.6 Å². The van der Waals surface area contributed by atoms with Gasteiger partial charge in [0.2, 0.25) is 0 Å². The lowest BCUT2D eigenvalue weighted by Gasteiger charge is -2.31. The van der Waals surface area contributed by atoms with Crippen LogP contribution in [0.25, 0.3) is 16.8 Å². The standard InChI is InChI=1S/C37H54N4O6S2/c1-12-26-27(13-2)31-30(39-40-41(31)35(6,7)23-42)28-17-15-14-16-25(28)22-29(26)47-33(44)38-19-18-36(8,9)46-24-37(10,11)49-48-21-20-45-32(43)34(3,4)5/h12-17,29,42H,1-2,18-24H2,3-11H3,(H,38,44)/b27-26-. The zero-order chi connectivity index (χ0) is 36.6. The topological polar surface area (TPSA) is 125 Å². The zero-order valence-electron chi connectivity index (χ0n) is 30.6. The first kappa shape index (κ1) is 40.4. The SMILES string of the molecule is C=C/C1=C(\C=C)C(OC(=O)NCCC(C)(C)OCC(C)(C)SSCCOC(=O)C(C)(C)C)Cc2ccccc2-c2nnn(C(C)(C)CO)c21. The van der Waals surface area contributed by atoms with Crippen LogP contribution in [0.1, 0.15) is 80.0 Å². The van der Waals surface area contributed by atoms with Crippen molar-refractivity contribution in [1.29, 1.82) is 0 Å². The molecular formula is C37H54N4O6S2. The van der Waals surface area contributed by atoms with E-state index < -0.39 is 28.8 Å². The van der Waals surface area contributed by atoms with Crippen LogP contribution < -0.4 is 5.32 Å². The van der Waals surface area contributed by atoms with Crippen LogP contribution in [0.4, 0.5) is 4.79 Å². The van der Waals surface area contributed by atoms with Gasteiger partial charge in [0, 0.05) is 40.2 Å². The molecule has 2 aromatic rings. The number of benzene rings is 1. The lowest BCUT2D eigenvalue weighted by molar-refractivity contribution is -0.152. The molecular weight excluding hydrogens is 661 g/mol. The number of nitrogens with zero attached hydrogens (tertiary/aromatic N) is 3. The van der Waals surface area contributed by atoms with Gasteiger partial charge in [-0.15, -0.1) is 5.10 Å². The smallest absolute Gasteiger partial charge is 0.407 e. The number of carbonyl (C=O) groups is 2. The Morgan fingerprint density at radius 2 is 1.78 bits per heavy atom. The van der Waals surface area contributed by atoms with Crippen LogP contribution in [-0.2, 0) is 31.0 Å². The van der Waals surface area contributed by atoms with Crippen molar-refractivity contribution in [3.8, 4) is 11.3 Å². The molecule has 1 aromatic carbocycles. The molecule has 0 bridgehead atoms. The number of alkyl carbamates (subject to hydrolysis) is 1. The Morgan fingerprint density at radius 1 is 1.08 bits per heavy atom. The molecule has 1 unspecified atom stereocenters. The first-order chi connectivity index (χ1) is 22.9. The highest BCUT2D eigenvalue weighted by molar-refractivity contribution is 8.77. The molecule has 10 nitrogen and oxygen atoms in total. The maximum Gasteiger partial charge on any atom is 0.407 e. The van der Waals surface area contributed by atoms with Crippen LogP contribution in [0.5, 0.6) is 0 Å². The van der Waals surface area contributed by atoms with Crippen LogP contribution in [0.2, 0.25) is 0 Å². The minimum Gasteiger partial charge on any atom is -0.464 e. The van der Waals surface area contributed by atoms with Crippen LogP contribution in [-0.4, -0.2) is 80.7 Å². The first-order valence-corrected chi connectivity index (χ1v) is 18.9. The predicted molar refractivity (Wildman–Crippen MR) is 200 cm³/mol. The molecule has 2 N–H and O–H groups in total. The minimum absolute atomic E-state index is 0.160. The highest BCUT2D eigenvalue weighted by atomic mass is 33.1. The Bertz CT molecular complexity index is 1520. The fourth-order valence-corrected chi connectivity index (χ4v) is 7.21. The van der Waals surface area contributed by atoms with Gasteiger partial charge in [0.05, 0.1) is 35.5 Å². The van der Waals surface area contributed by atoms with Gasteiger partial charge in [-0.05, 0) is 74.3 Å². The lowest BCUT2D eigenvalue weighted by atomic mass is 9.87. The van der Waals surface area contributed by atoms with E-state index in [0.29, 0.717) is 60.9 Å². The summed E-state index contributed by atoms with van der Waals surface area (Å²) in [6, 6.07) is 7.84. The van der Waals surface area contributed by atoms with E-state index in [1.54, 1.807) is 38.4 Å². The van der Waals surface area contributed by atoms with E-state index in [2.05, 4.69) is 42.6 Å². The monoisotopic (exact) mass is 714 g/mol. The van der Waals surface area contributed by atoms with Gasteiger partial charge >= 0.3 is 12.1 Å². The number of ether oxygens (including phenoxy) is 3. The molecule has 0 fully saturated rings. The van der Waals surface area contributed by atoms with E-state index in [0.717, 1.165) is 11.1 Å². The molecule has 3 rings (SSSR count). The molecule has 1 amide bonds. The summed E-state index contributed by atoms with van der Waals surface area (Å²) in [6.45, 7) is 26.7. The van der Waals surface area contributed by atoms with Gasteiger partial charge in [0.15, 0.2) is 0 Å². The molecule has 1 aromatic heterocycles. The van der Waals surface area contributed by atoms with E-state index in [-0.39, 0.29) is 17.3 Å². The maximum absolute atomic E-state index is 13.3. The summed E-state index contributed by atoms with van der Waals surface area (Å²) in [5.74, 6) is 0.494. The van der Waals surface area contributed by atoms with Crippen molar-refractivity contribution in [2.24, 2.45) is 5.41 Å². The second kappa shape index (κ2) is 16.8. The van der Waals surface area contributed by atoms with Gasteiger partial charge in [0.1, 0.15) is 18.4 Å². The molecule has 49 heavy (non-hydrogen) atoms. The average Bonchev–Trinajstić information content (AvgIpc) is 3.46.